The molecule has 0 aliphatic carbocycles. The van der Waals surface area contributed by atoms with Gasteiger partial charge < -0.3 is 0 Å². The molecule has 0 aromatic heterocycles. The number of carbonyl (C=O) groups is 1. The molecule has 0 atom stereocenters. The summed E-state index contributed by atoms with van der Waals surface area (Å²) in [6.45, 7) is 1.96. The number of nitro benzene ring substituents is 1. The van der Waals surface area contributed by atoms with E-state index in [2.05, 4.69) is 0 Å². The third-order valence-corrected chi connectivity index (χ3v) is 3.01. The van der Waals surface area contributed by atoms with E-state index in [1.54, 1.807) is 0 Å². The summed E-state index contributed by atoms with van der Waals surface area (Å²) >= 11 is 0. The van der Waals surface area contributed by atoms with Gasteiger partial charge in [0, 0.05) is 24.1 Å². The van der Waals surface area contributed by atoms with Crippen molar-refractivity contribution in [1.82, 2.24) is 0 Å². The largest absolute Gasteiger partial charge is 0.294 e. The molecule has 0 unspecified atom stereocenters. The Bertz CT molecular complexity index is 618. The van der Waals surface area contributed by atoms with E-state index >= 15 is 0 Å². The number of carbonyl (C=O) groups excluding carboxylic acids is 1. The van der Waals surface area contributed by atoms with Crippen molar-refractivity contribution in [3.8, 4) is 0 Å². The number of benzene rings is 2. The van der Waals surface area contributed by atoms with Crippen molar-refractivity contribution in [3.05, 3.63) is 75.3 Å². The minimum Gasteiger partial charge on any atom is -0.294 e. The zero-order valence-corrected chi connectivity index (χ0v) is 10.5. The molecule has 96 valence electrons. The number of ketones is 1. The molecule has 2 aromatic carbocycles. The number of hydrogen-bond donors (Lipinski definition) is 0. The Labute approximate surface area is 110 Å². The molecule has 0 bridgehead atoms. The van der Waals surface area contributed by atoms with Crippen LogP contribution in [0.15, 0.2) is 48.5 Å². The van der Waals surface area contributed by atoms with Crippen LogP contribution in [0.5, 0.6) is 0 Å². The summed E-state index contributed by atoms with van der Waals surface area (Å²) in [6, 6.07) is 13.4. The standard InChI is InChI=1S/C15H13NO3/c1-11-4-2-3-5-13(11)10-15(17)12-6-8-14(9-7-12)16(18)19/h2-9H,10H2,1H3. The molecule has 0 spiro atoms. The van der Waals surface area contributed by atoms with E-state index in [0.717, 1.165) is 11.1 Å². The lowest BCUT2D eigenvalue weighted by Gasteiger charge is -2.04. The van der Waals surface area contributed by atoms with Crippen molar-refractivity contribution in [1.29, 1.82) is 0 Å². The zero-order chi connectivity index (χ0) is 13.8. The van der Waals surface area contributed by atoms with Crippen LogP contribution in [0.25, 0.3) is 0 Å². The molecule has 0 aliphatic rings. The molecule has 0 aliphatic heterocycles. The fourth-order valence-corrected chi connectivity index (χ4v) is 1.85. The fraction of sp³-hybridized carbons (Fsp3) is 0.133. The van der Waals surface area contributed by atoms with Gasteiger partial charge in [-0.3, -0.25) is 14.9 Å². The normalized spacial score (nSPS) is 10.2. The van der Waals surface area contributed by atoms with Crippen LogP contribution in [0, 0.1) is 17.0 Å². The van der Waals surface area contributed by atoms with E-state index in [1.165, 1.54) is 24.3 Å². The molecule has 0 radical (unpaired) electrons. The van der Waals surface area contributed by atoms with Gasteiger partial charge in [-0.25, -0.2) is 0 Å². The van der Waals surface area contributed by atoms with Crippen LogP contribution in [-0.2, 0) is 6.42 Å². The van der Waals surface area contributed by atoms with Gasteiger partial charge in [0.05, 0.1) is 4.92 Å². The molecule has 0 saturated carbocycles. The summed E-state index contributed by atoms with van der Waals surface area (Å²) in [5.41, 5.74) is 2.53. The van der Waals surface area contributed by atoms with Gasteiger partial charge in [0.15, 0.2) is 5.78 Å². The Kier molecular flexibility index (Phi) is 3.71. The van der Waals surface area contributed by atoms with Gasteiger partial charge in [-0.2, -0.15) is 0 Å². The number of nitro groups is 1. The van der Waals surface area contributed by atoms with Gasteiger partial charge in [0.2, 0.25) is 0 Å². The van der Waals surface area contributed by atoms with Crippen LogP contribution < -0.4 is 0 Å². The van der Waals surface area contributed by atoms with Crippen molar-refractivity contribution in [2.75, 3.05) is 0 Å². The molecule has 19 heavy (non-hydrogen) atoms. The number of hydrogen-bond acceptors (Lipinski definition) is 3. The highest BCUT2D eigenvalue weighted by atomic mass is 16.6. The minimum atomic E-state index is -0.477. The highest BCUT2D eigenvalue weighted by Crippen LogP contribution is 2.15. The minimum absolute atomic E-state index is 0.00700. The molecule has 0 amide bonds. The Morgan fingerprint density at radius 3 is 2.32 bits per heavy atom. The Balaban J connectivity index is 2.16. The summed E-state index contributed by atoms with van der Waals surface area (Å²) in [6.07, 6.45) is 0.310. The van der Waals surface area contributed by atoms with Crippen molar-refractivity contribution >= 4 is 11.5 Å². The fourth-order valence-electron chi connectivity index (χ4n) is 1.85. The highest BCUT2D eigenvalue weighted by molar-refractivity contribution is 5.97. The van der Waals surface area contributed by atoms with E-state index in [1.807, 2.05) is 31.2 Å². The first-order chi connectivity index (χ1) is 9.08. The lowest BCUT2D eigenvalue weighted by molar-refractivity contribution is -0.384. The Morgan fingerprint density at radius 1 is 1.11 bits per heavy atom. The van der Waals surface area contributed by atoms with Gasteiger partial charge in [-0.15, -0.1) is 0 Å². The van der Waals surface area contributed by atoms with E-state index < -0.39 is 4.92 Å². The second-order valence-corrected chi connectivity index (χ2v) is 4.33. The third-order valence-electron chi connectivity index (χ3n) is 3.01. The molecule has 2 aromatic rings. The predicted octanol–water partition coefficient (Wildman–Crippen LogP) is 3.33. The van der Waals surface area contributed by atoms with Gasteiger partial charge in [0.1, 0.15) is 0 Å². The molecular weight excluding hydrogens is 242 g/mol. The average Bonchev–Trinajstić information content (AvgIpc) is 2.41. The lowest BCUT2D eigenvalue weighted by atomic mass is 9.99. The van der Waals surface area contributed by atoms with Gasteiger partial charge >= 0.3 is 0 Å². The van der Waals surface area contributed by atoms with Gasteiger partial charge in [-0.1, -0.05) is 24.3 Å². The molecule has 4 heteroatoms. The third kappa shape index (κ3) is 3.04. The van der Waals surface area contributed by atoms with E-state index in [4.69, 9.17) is 0 Å². The number of Topliss-reactive ketones (excluding diaryl/α,β-unsaturated/α-hetero) is 1. The molecule has 0 heterocycles. The maximum absolute atomic E-state index is 12.1. The summed E-state index contributed by atoms with van der Waals surface area (Å²) < 4.78 is 0. The van der Waals surface area contributed by atoms with Crippen molar-refractivity contribution in [2.45, 2.75) is 13.3 Å². The first kappa shape index (κ1) is 13.0. The molecule has 0 fully saturated rings. The molecule has 2 rings (SSSR count). The van der Waals surface area contributed by atoms with E-state index in [9.17, 15) is 14.9 Å². The van der Waals surface area contributed by atoms with Crippen LogP contribution in [0.1, 0.15) is 21.5 Å². The van der Waals surface area contributed by atoms with Crippen LogP contribution in [-0.4, -0.2) is 10.7 Å². The monoisotopic (exact) mass is 255 g/mol. The van der Waals surface area contributed by atoms with Crippen LogP contribution in [0.3, 0.4) is 0 Å². The SMILES string of the molecule is Cc1ccccc1CC(=O)c1ccc([N+](=O)[O-])cc1. The molecular formula is C15H13NO3. The molecule has 4 nitrogen and oxygen atoms in total. The van der Waals surface area contributed by atoms with Crippen LogP contribution in [0.4, 0.5) is 5.69 Å². The number of nitrogens with zero attached hydrogens (tertiary/aromatic N) is 1. The first-order valence-electron chi connectivity index (χ1n) is 5.90. The summed E-state index contributed by atoms with van der Waals surface area (Å²) in [5.74, 6) is -0.0378. The van der Waals surface area contributed by atoms with Gasteiger partial charge in [-0.05, 0) is 30.2 Å². The summed E-state index contributed by atoms with van der Waals surface area (Å²) in [5, 5.41) is 10.5. The van der Waals surface area contributed by atoms with Crippen molar-refractivity contribution in [3.63, 3.8) is 0 Å². The smallest absolute Gasteiger partial charge is 0.269 e. The Hall–Kier alpha value is -2.49. The van der Waals surface area contributed by atoms with E-state index in [0.29, 0.717) is 12.0 Å². The maximum atomic E-state index is 12.1. The molecule has 0 saturated heterocycles. The lowest BCUT2D eigenvalue weighted by Crippen LogP contribution is -2.04. The predicted molar refractivity (Wildman–Crippen MR) is 72.3 cm³/mol. The van der Waals surface area contributed by atoms with Crippen LogP contribution in [0.2, 0.25) is 0 Å². The average molecular weight is 255 g/mol. The van der Waals surface area contributed by atoms with Crippen LogP contribution >= 0.6 is 0 Å². The summed E-state index contributed by atoms with van der Waals surface area (Å²) in [4.78, 5) is 22.1. The first-order valence-corrected chi connectivity index (χ1v) is 5.90. The van der Waals surface area contributed by atoms with Crippen molar-refractivity contribution in [2.24, 2.45) is 0 Å². The number of aryl methyl sites for hydroxylation is 1. The number of non-ortho nitro benzene ring substituents is 1. The second kappa shape index (κ2) is 5.44. The zero-order valence-electron chi connectivity index (χ0n) is 10.5. The topological polar surface area (TPSA) is 60.2 Å². The van der Waals surface area contributed by atoms with Gasteiger partial charge in [0.25, 0.3) is 5.69 Å². The molecule has 0 N–H and O–H groups in total. The Morgan fingerprint density at radius 2 is 1.74 bits per heavy atom. The second-order valence-electron chi connectivity index (χ2n) is 4.33. The van der Waals surface area contributed by atoms with E-state index in [-0.39, 0.29) is 11.5 Å². The highest BCUT2D eigenvalue weighted by Gasteiger charge is 2.11. The quantitative estimate of drug-likeness (QED) is 0.478. The number of rotatable bonds is 4. The maximum Gasteiger partial charge on any atom is 0.269 e. The van der Waals surface area contributed by atoms with Crippen molar-refractivity contribution < 1.29 is 9.72 Å². The summed E-state index contributed by atoms with van der Waals surface area (Å²) in [7, 11) is 0.